The molecule has 0 bridgehead atoms. The summed E-state index contributed by atoms with van der Waals surface area (Å²) >= 11 is 0. The molecule has 0 aliphatic heterocycles. The van der Waals surface area contributed by atoms with E-state index in [1.165, 1.54) is 0 Å². The minimum Gasteiger partial charge on any atom is -0.393 e. The summed E-state index contributed by atoms with van der Waals surface area (Å²) < 4.78 is 5.70. The van der Waals surface area contributed by atoms with Crippen LogP contribution in [-0.2, 0) is 4.74 Å². The predicted molar refractivity (Wildman–Crippen MR) is 99.9 cm³/mol. The van der Waals surface area contributed by atoms with Crippen LogP contribution in [-0.4, -0.2) is 46.0 Å². The zero-order valence-corrected chi connectivity index (χ0v) is 15.4. The van der Waals surface area contributed by atoms with Crippen molar-refractivity contribution in [1.29, 1.82) is 5.26 Å². The maximum Gasteiger partial charge on any atom is 0.224 e. The Morgan fingerprint density at radius 1 is 1.19 bits per heavy atom. The summed E-state index contributed by atoms with van der Waals surface area (Å²) in [5.41, 5.74) is 0.440. The molecule has 0 radical (unpaired) electrons. The van der Waals surface area contributed by atoms with E-state index >= 15 is 0 Å². The fraction of sp³-hybridized carbons (Fsp3) is 0.737. The average molecular weight is 359 g/mol. The highest BCUT2D eigenvalue weighted by molar-refractivity contribution is 5.54. The standard InChI is InChI=1S/C19H29N5O2/c1-2-26-17-8-6-14(7-9-17)23-19-21-12-13(11-20)18(24-19)22-15-4-3-5-16(25)10-15/h12,14-17,25H,2-10H2,1H3,(H2,21,22,23,24)/t14?,15-,16+,17?/m0/s1. The predicted octanol–water partition coefficient (Wildman–Crippen LogP) is 2.82. The molecule has 2 atom stereocenters. The highest BCUT2D eigenvalue weighted by Gasteiger charge is 2.24. The molecule has 0 spiro atoms. The van der Waals surface area contributed by atoms with Gasteiger partial charge in [-0.1, -0.05) is 0 Å². The molecule has 2 saturated carbocycles. The molecule has 0 unspecified atom stereocenters. The van der Waals surface area contributed by atoms with Crippen molar-refractivity contribution in [2.24, 2.45) is 0 Å². The number of hydrogen-bond donors (Lipinski definition) is 3. The van der Waals surface area contributed by atoms with E-state index < -0.39 is 0 Å². The van der Waals surface area contributed by atoms with Crippen LogP contribution in [0.2, 0.25) is 0 Å². The topological polar surface area (TPSA) is 103 Å². The van der Waals surface area contributed by atoms with Gasteiger partial charge in [0.25, 0.3) is 0 Å². The molecule has 3 N–H and O–H groups in total. The van der Waals surface area contributed by atoms with Crippen LogP contribution in [0.3, 0.4) is 0 Å². The van der Waals surface area contributed by atoms with Gasteiger partial charge in [-0.15, -0.1) is 0 Å². The third kappa shape index (κ3) is 5.05. The second-order valence-corrected chi connectivity index (χ2v) is 7.30. The van der Waals surface area contributed by atoms with E-state index in [9.17, 15) is 10.4 Å². The van der Waals surface area contributed by atoms with Gasteiger partial charge in [-0.3, -0.25) is 0 Å². The van der Waals surface area contributed by atoms with Gasteiger partial charge in [-0.2, -0.15) is 10.2 Å². The van der Waals surface area contributed by atoms with Gasteiger partial charge in [0.2, 0.25) is 5.95 Å². The van der Waals surface area contributed by atoms with Gasteiger partial charge in [0.15, 0.2) is 0 Å². The first-order valence-corrected chi connectivity index (χ1v) is 9.77. The Labute approximate surface area is 155 Å². The summed E-state index contributed by atoms with van der Waals surface area (Å²) in [4.78, 5) is 8.85. The van der Waals surface area contributed by atoms with Crippen LogP contribution in [0.5, 0.6) is 0 Å². The Balaban J connectivity index is 1.61. The van der Waals surface area contributed by atoms with E-state index in [1.54, 1.807) is 6.20 Å². The average Bonchev–Trinajstić information content (AvgIpc) is 2.64. The number of ether oxygens (including phenoxy) is 1. The molecular weight excluding hydrogens is 330 g/mol. The zero-order chi connectivity index (χ0) is 18.4. The number of aliphatic hydroxyl groups is 1. The van der Waals surface area contributed by atoms with E-state index in [-0.39, 0.29) is 12.1 Å². The molecule has 2 fully saturated rings. The number of anilines is 2. The van der Waals surface area contributed by atoms with Gasteiger partial charge >= 0.3 is 0 Å². The van der Waals surface area contributed by atoms with E-state index in [1.807, 2.05) is 6.92 Å². The first-order chi connectivity index (χ1) is 12.7. The zero-order valence-electron chi connectivity index (χ0n) is 15.4. The molecule has 26 heavy (non-hydrogen) atoms. The maximum atomic E-state index is 9.85. The fourth-order valence-corrected chi connectivity index (χ4v) is 3.92. The molecule has 2 aliphatic carbocycles. The lowest BCUT2D eigenvalue weighted by Crippen LogP contribution is -2.31. The number of nitriles is 1. The van der Waals surface area contributed by atoms with Crippen molar-refractivity contribution in [3.05, 3.63) is 11.8 Å². The van der Waals surface area contributed by atoms with Crippen LogP contribution in [0.1, 0.15) is 63.9 Å². The molecular formula is C19H29N5O2. The van der Waals surface area contributed by atoms with Gasteiger partial charge in [-0.25, -0.2) is 4.98 Å². The lowest BCUT2D eigenvalue weighted by molar-refractivity contribution is 0.0346. The molecule has 2 aliphatic rings. The molecule has 0 aromatic carbocycles. The minimum absolute atomic E-state index is 0.148. The molecule has 7 nitrogen and oxygen atoms in total. The number of hydrogen-bond acceptors (Lipinski definition) is 7. The molecule has 142 valence electrons. The summed E-state index contributed by atoms with van der Waals surface area (Å²) in [5.74, 6) is 1.12. The fourth-order valence-electron chi connectivity index (χ4n) is 3.92. The van der Waals surface area contributed by atoms with E-state index in [2.05, 4.69) is 26.7 Å². The summed E-state index contributed by atoms with van der Waals surface area (Å²) in [6, 6.07) is 2.64. The van der Waals surface area contributed by atoms with E-state index in [0.717, 1.165) is 51.6 Å². The van der Waals surface area contributed by atoms with Crippen molar-refractivity contribution in [2.75, 3.05) is 17.2 Å². The molecule has 1 heterocycles. The van der Waals surface area contributed by atoms with Crippen molar-refractivity contribution in [2.45, 2.75) is 82.6 Å². The van der Waals surface area contributed by atoms with Gasteiger partial charge in [0, 0.05) is 18.7 Å². The number of aromatic nitrogens is 2. The van der Waals surface area contributed by atoms with Crippen molar-refractivity contribution < 1.29 is 9.84 Å². The lowest BCUT2D eigenvalue weighted by Gasteiger charge is -2.29. The number of nitrogens with one attached hydrogen (secondary N) is 2. The van der Waals surface area contributed by atoms with Gasteiger partial charge in [0.1, 0.15) is 17.5 Å². The first kappa shape index (κ1) is 18.9. The molecule has 3 rings (SSSR count). The monoisotopic (exact) mass is 359 g/mol. The van der Waals surface area contributed by atoms with Crippen LogP contribution in [0.15, 0.2) is 6.20 Å². The highest BCUT2D eigenvalue weighted by Crippen LogP contribution is 2.25. The molecule has 1 aromatic heterocycles. The Morgan fingerprint density at radius 3 is 2.69 bits per heavy atom. The third-order valence-electron chi connectivity index (χ3n) is 5.31. The van der Waals surface area contributed by atoms with Gasteiger partial charge in [-0.05, 0) is 58.3 Å². The SMILES string of the molecule is CCOC1CCC(Nc2ncc(C#N)c(N[C@H]3CCC[C@@H](O)C3)n2)CC1. The second kappa shape index (κ2) is 9.15. The maximum absolute atomic E-state index is 9.85. The largest absolute Gasteiger partial charge is 0.393 e. The second-order valence-electron chi connectivity index (χ2n) is 7.30. The molecule has 1 aromatic rings. The van der Waals surface area contributed by atoms with Crippen molar-refractivity contribution in [3.8, 4) is 6.07 Å². The summed E-state index contributed by atoms with van der Waals surface area (Å²) in [6.07, 6.45) is 9.35. The number of nitrogens with zero attached hydrogens (tertiary/aromatic N) is 3. The quantitative estimate of drug-likeness (QED) is 0.717. The molecule has 7 heteroatoms. The van der Waals surface area contributed by atoms with E-state index in [4.69, 9.17) is 4.74 Å². The van der Waals surface area contributed by atoms with E-state index in [0.29, 0.717) is 35.9 Å². The Hall–Kier alpha value is -1.91. The summed E-state index contributed by atoms with van der Waals surface area (Å²) in [5, 5.41) is 25.9. The first-order valence-electron chi connectivity index (χ1n) is 9.77. The van der Waals surface area contributed by atoms with Crippen molar-refractivity contribution in [3.63, 3.8) is 0 Å². The van der Waals surface area contributed by atoms with Gasteiger partial charge in [0.05, 0.1) is 18.4 Å². The van der Waals surface area contributed by atoms with Crippen LogP contribution in [0, 0.1) is 11.3 Å². The summed E-state index contributed by atoms with van der Waals surface area (Å²) in [6.45, 7) is 2.81. The molecule has 0 amide bonds. The highest BCUT2D eigenvalue weighted by atomic mass is 16.5. The van der Waals surface area contributed by atoms with Crippen LogP contribution >= 0.6 is 0 Å². The van der Waals surface area contributed by atoms with Crippen LogP contribution in [0.25, 0.3) is 0 Å². The smallest absolute Gasteiger partial charge is 0.224 e. The minimum atomic E-state index is -0.272. The Bertz CT molecular complexity index is 625. The van der Waals surface area contributed by atoms with Crippen molar-refractivity contribution in [1.82, 2.24) is 9.97 Å². The lowest BCUT2D eigenvalue weighted by atomic mass is 9.93. The van der Waals surface area contributed by atoms with Crippen LogP contribution in [0.4, 0.5) is 11.8 Å². The Morgan fingerprint density at radius 2 is 2.00 bits per heavy atom. The van der Waals surface area contributed by atoms with Gasteiger partial charge < -0.3 is 20.5 Å². The Kier molecular flexibility index (Phi) is 6.64. The van der Waals surface area contributed by atoms with Crippen molar-refractivity contribution >= 4 is 11.8 Å². The number of rotatable bonds is 6. The number of aliphatic hydroxyl groups excluding tert-OH is 1. The molecule has 0 saturated heterocycles. The summed E-state index contributed by atoms with van der Waals surface area (Å²) in [7, 11) is 0. The third-order valence-corrected chi connectivity index (χ3v) is 5.31. The van der Waals surface area contributed by atoms with Crippen LogP contribution < -0.4 is 10.6 Å². The normalized spacial score (nSPS) is 29.0.